The van der Waals surface area contributed by atoms with Gasteiger partial charge >= 0.3 is 0 Å². The van der Waals surface area contributed by atoms with Crippen LogP contribution in [0.3, 0.4) is 0 Å². The molecule has 2 rings (SSSR count). The first-order chi connectivity index (χ1) is 9.88. The van der Waals surface area contributed by atoms with Crippen LogP contribution in [0, 0.1) is 5.92 Å². The van der Waals surface area contributed by atoms with Gasteiger partial charge in [-0.1, -0.05) is 12.8 Å². The molecule has 1 N–H and O–H groups in total. The molecule has 0 aromatic carbocycles. The minimum atomic E-state index is -3.33. The second-order valence-corrected chi connectivity index (χ2v) is 8.25. The summed E-state index contributed by atoms with van der Waals surface area (Å²) in [6, 6.07) is 0. The molecular weight excluding hydrogens is 292 g/mol. The molecule has 6 nitrogen and oxygen atoms in total. The van der Waals surface area contributed by atoms with E-state index in [1.165, 1.54) is 4.31 Å². The Balaban J connectivity index is 1.79. The standard InChI is InChI=1S/C14H26N2O4S/c1-11-9-16(10-12(2)20-11)21(18,19)8-7-15-14(17)13-5-3-4-6-13/h11-13H,3-10H2,1-2H3,(H,15,17)/t11-,12-/m1/s1. The summed E-state index contributed by atoms with van der Waals surface area (Å²) < 4.78 is 31.6. The van der Waals surface area contributed by atoms with Gasteiger partial charge in [0.15, 0.2) is 0 Å². The summed E-state index contributed by atoms with van der Waals surface area (Å²) in [4.78, 5) is 11.9. The van der Waals surface area contributed by atoms with Crippen LogP contribution >= 0.6 is 0 Å². The van der Waals surface area contributed by atoms with Crippen molar-refractivity contribution in [1.82, 2.24) is 9.62 Å². The zero-order chi connectivity index (χ0) is 15.5. The van der Waals surface area contributed by atoms with Gasteiger partial charge in [0.1, 0.15) is 0 Å². The van der Waals surface area contributed by atoms with Crippen molar-refractivity contribution in [3.05, 3.63) is 0 Å². The number of rotatable bonds is 5. The highest BCUT2D eigenvalue weighted by Gasteiger charge is 2.31. The average Bonchev–Trinajstić information content (AvgIpc) is 2.91. The second-order valence-electron chi connectivity index (χ2n) is 6.16. The number of hydrogen-bond donors (Lipinski definition) is 1. The van der Waals surface area contributed by atoms with Crippen molar-refractivity contribution in [1.29, 1.82) is 0 Å². The first kappa shape index (κ1) is 16.7. The van der Waals surface area contributed by atoms with Gasteiger partial charge in [-0.05, 0) is 26.7 Å². The van der Waals surface area contributed by atoms with Crippen LogP contribution in [0.5, 0.6) is 0 Å². The molecule has 1 heterocycles. The third-order valence-electron chi connectivity index (χ3n) is 4.16. The molecule has 0 aromatic rings. The maximum absolute atomic E-state index is 12.3. The van der Waals surface area contributed by atoms with Gasteiger partial charge in [0.2, 0.25) is 15.9 Å². The molecule has 0 aromatic heterocycles. The molecule has 7 heteroatoms. The number of carbonyl (C=O) groups excluding carboxylic acids is 1. The SMILES string of the molecule is C[C@@H]1CN(S(=O)(=O)CCNC(=O)C2CCCC2)C[C@@H](C)O1. The van der Waals surface area contributed by atoms with Gasteiger partial charge in [-0.15, -0.1) is 0 Å². The van der Waals surface area contributed by atoms with E-state index in [1.54, 1.807) is 0 Å². The molecule has 1 saturated heterocycles. The average molecular weight is 318 g/mol. The van der Waals surface area contributed by atoms with Crippen LogP contribution in [0.4, 0.5) is 0 Å². The summed E-state index contributed by atoms with van der Waals surface area (Å²) in [5.74, 6) is 0.0489. The largest absolute Gasteiger partial charge is 0.373 e. The molecule has 0 bridgehead atoms. The Morgan fingerprint density at radius 3 is 2.33 bits per heavy atom. The van der Waals surface area contributed by atoms with E-state index in [0.717, 1.165) is 25.7 Å². The number of sulfonamides is 1. The van der Waals surface area contributed by atoms with Crippen molar-refractivity contribution >= 4 is 15.9 Å². The fraction of sp³-hybridized carbons (Fsp3) is 0.929. The lowest BCUT2D eigenvalue weighted by Gasteiger charge is -2.34. The Hall–Kier alpha value is -0.660. The molecule has 0 spiro atoms. The molecule has 1 amide bonds. The van der Waals surface area contributed by atoms with Crippen LogP contribution in [-0.4, -0.2) is 56.2 Å². The minimum Gasteiger partial charge on any atom is -0.373 e. The van der Waals surface area contributed by atoms with Crippen LogP contribution in [-0.2, 0) is 19.6 Å². The maximum atomic E-state index is 12.3. The Bertz CT molecular complexity index is 450. The van der Waals surface area contributed by atoms with Gasteiger partial charge in [-0.25, -0.2) is 8.42 Å². The molecule has 1 aliphatic heterocycles. The van der Waals surface area contributed by atoms with E-state index in [1.807, 2.05) is 13.8 Å². The maximum Gasteiger partial charge on any atom is 0.223 e. The fourth-order valence-corrected chi connectivity index (χ4v) is 4.61. The molecule has 2 fully saturated rings. The molecule has 2 atom stereocenters. The number of ether oxygens (including phenoxy) is 1. The molecule has 0 unspecified atom stereocenters. The number of nitrogens with one attached hydrogen (secondary N) is 1. The zero-order valence-electron chi connectivity index (χ0n) is 12.9. The predicted octanol–water partition coefficient (Wildman–Crippen LogP) is 0.732. The Labute approximate surface area is 127 Å². The van der Waals surface area contributed by atoms with Crippen LogP contribution in [0.2, 0.25) is 0 Å². The fourth-order valence-electron chi connectivity index (χ4n) is 3.12. The van der Waals surface area contributed by atoms with Crippen molar-refractivity contribution in [2.75, 3.05) is 25.4 Å². The molecule has 1 saturated carbocycles. The van der Waals surface area contributed by atoms with E-state index < -0.39 is 10.0 Å². The van der Waals surface area contributed by atoms with E-state index in [0.29, 0.717) is 13.1 Å². The van der Waals surface area contributed by atoms with E-state index in [2.05, 4.69) is 5.32 Å². The summed E-state index contributed by atoms with van der Waals surface area (Å²) >= 11 is 0. The Morgan fingerprint density at radius 1 is 1.19 bits per heavy atom. The summed E-state index contributed by atoms with van der Waals surface area (Å²) in [6.07, 6.45) is 3.88. The number of carbonyl (C=O) groups is 1. The summed E-state index contributed by atoms with van der Waals surface area (Å²) in [5, 5.41) is 2.77. The van der Waals surface area contributed by atoms with E-state index >= 15 is 0 Å². The lowest BCUT2D eigenvalue weighted by atomic mass is 10.1. The third-order valence-corrected chi connectivity index (χ3v) is 5.97. The first-order valence-corrected chi connectivity index (χ1v) is 9.40. The summed E-state index contributed by atoms with van der Waals surface area (Å²) in [5.41, 5.74) is 0. The molecule has 1 aliphatic carbocycles. The number of nitrogens with zero attached hydrogens (tertiary/aromatic N) is 1. The summed E-state index contributed by atoms with van der Waals surface area (Å²) in [7, 11) is -3.33. The van der Waals surface area contributed by atoms with Gasteiger partial charge in [-0.2, -0.15) is 4.31 Å². The smallest absolute Gasteiger partial charge is 0.223 e. The topological polar surface area (TPSA) is 75.7 Å². The highest BCUT2D eigenvalue weighted by atomic mass is 32.2. The molecular formula is C14H26N2O4S. The van der Waals surface area contributed by atoms with Crippen molar-refractivity contribution in [2.24, 2.45) is 5.92 Å². The van der Waals surface area contributed by atoms with Gasteiger partial charge in [0, 0.05) is 25.6 Å². The van der Waals surface area contributed by atoms with Crippen molar-refractivity contribution in [2.45, 2.75) is 51.7 Å². The van der Waals surface area contributed by atoms with Gasteiger partial charge in [0.05, 0.1) is 18.0 Å². The molecule has 122 valence electrons. The molecule has 0 radical (unpaired) electrons. The van der Waals surface area contributed by atoms with E-state index in [-0.39, 0.29) is 36.3 Å². The third kappa shape index (κ3) is 4.66. The quantitative estimate of drug-likeness (QED) is 0.811. The second kappa shape index (κ2) is 7.07. The minimum absolute atomic E-state index is 0.00594. The van der Waals surface area contributed by atoms with Crippen LogP contribution in [0.15, 0.2) is 0 Å². The van der Waals surface area contributed by atoms with Crippen LogP contribution < -0.4 is 5.32 Å². The van der Waals surface area contributed by atoms with Crippen molar-refractivity contribution in [3.63, 3.8) is 0 Å². The Kier molecular flexibility index (Phi) is 5.62. The highest BCUT2D eigenvalue weighted by molar-refractivity contribution is 7.89. The zero-order valence-corrected chi connectivity index (χ0v) is 13.7. The normalized spacial score (nSPS) is 28.7. The van der Waals surface area contributed by atoms with E-state index in [4.69, 9.17) is 4.74 Å². The molecule has 21 heavy (non-hydrogen) atoms. The van der Waals surface area contributed by atoms with Crippen LogP contribution in [0.1, 0.15) is 39.5 Å². The highest BCUT2D eigenvalue weighted by Crippen LogP contribution is 2.24. The molecule has 2 aliphatic rings. The van der Waals surface area contributed by atoms with Crippen molar-refractivity contribution in [3.8, 4) is 0 Å². The predicted molar refractivity (Wildman–Crippen MR) is 80.3 cm³/mol. The van der Waals surface area contributed by atoms with Gasteiger partial charge in [0.25, 0.3) is 0 Å². The number of amides is 1. The number of morpholine rings is 1. The van der Waals surface area contributed by atoms with Crippen LogP contribution in [0.25, 0.3) is 0 Å². The van der Waals surface area contributed by atoms with Gasteiger partial charge in [-0.3, -0.25) is 4.79 Å². The lowest BCUT2D eigenvalue weighted by Crippen LogP contribution is -2.49. The lowest BCUT2D eigenvalue weighted by molar-refractivity contribution is -0.124. The number of hydrogen-bond acceptors (Lipinski definition) is 4. The van der Waals surface area contributed by atoms with E-state index in [9.17, 15) is 13.2 Å². The first-order valence-electron chi connectivity index (χ1n) is 7.79. The monoisotopic (exact) mass is 318 g/mol. The Morgan fingerprint density at radius 2 is 1.76 bits per heavy atom. The summed E-state index contributed by atoms with van der Waals surface area (Å²) in [6.45, 7) is 4.73. The van der Waals surface area contributed by atoms with Crippen molar-refractivity contribution < 1.29 is 17.9 Å². The van der Waals surface area contributed by atoms with Gasteiger partial charge < -0.3 is 10.1 Å².